The van der Waals surface area contributed by atoms with E-state index < -0.39 is 18.0 Å². The number of nitrogens with one attached hydrogen (secondary N) is 2. The molecule has 2 aromatic rings. The van der Waals surface area contributed by atoms with Crippen LogP contribution in [0, 0.1) is 5.82 Å². The summed E-state index contributed by atoms with van der Waals surface area (Å²) in [6.07, 6.45) is -0.841. The predicted octanol–water partition coefficient (Wildman–Crippen LogP) is 3.58. The minimum Gasteiger partial charge on any atom is -0.497 e. The van der Waals surface area contributed by atoms with E-state index in [1.807, 2.05) is 0 Å². The number of aliphatic hydroxyl groups excluding tert-OH is 1. The molecule has 0 bridgehead atoms. The average molecular weight is 367 g/mol. The van der Waals surface area contributed by atoms with Gasteiger partial charge in [0.1, 0.15) is 11.6 Å². The van der Waals surface area contributed by atoms with Crippen molar-refractivity contribution in [3.05, 3.63) is 64.4 Å². The molecule has 5 nitrogen and oxygen atoms in total. The number of aliphatic hydroxyl groups is 1. The van der Waals surface area contributed by atoms with Crippen LogP contribution in [-0.4, -0.2) is 24.8 Å². The van der Waals surface area contributed by atoms with Gasteiger partial charge in [-0.25, -0.2) is 9.18 Å². The highest BCUT2D eigenvalue weighted by Gasteiger charge is 2.13. The first-order valence-electron chi connectivity index (χ1n) is 7.72. The van der Waals surface area contributed by atoms with Crippen molar-refractivity contribution < 1.29 is 19.0 Å². The van der Waals surface area contributed by atoms with E-state index >= 15 is 0 Å². The van der Waals surface area contributed by atoms with Crippen molar-refractivity contribution in [1.82, 2.24) is 10.6 Å². The van der Waals surface area contributed by atoms with E-state index in [9.17, 15) is 14.3 Å². The number of methoxy groups -OCH3 is 1. The molecule has 0 aliphatic heterocycles. The third-order valence-corrected chi connectivity index (χ3v) is 4.04. The van der Waals surface area contributed by atoms with Gasteiger partial charge in [0.25, 0.3) is 0 Å². The number of carbonyl (C=O) groups excluding carboxylic acids is 1. The Morgan fingerprint density at radius 2 is 1.88 bits per heavy atom. The second-order valence-electron chi connectivity index (χ2n) is 5.54. The Balaban J connectivity index is 1.85. The highest BCUT2D eigenvalue weighted by atomic mass is 35.5. The molecule has 25 heavy (non-hydrogen) atoms. The SMILES string of the molecule is COc1ccc(C(O)CNC(=O)NC(C)c2ccc(F)c(Cl)c2)cc1. The largest absolute Gasteiger partial charge is 0.497 e. The Labute approximate surface area is 150 Å². The molecule has 2 aromatic carbocycles. The fourth-order valence-electron chi connectivity index (χ4n) is 2.25. The van der Waals surface area contributed by atoms with Gasteiger partial charge in [0.05, 0.1) is 24.3 Å². The molecule has 0 spiro atoms. The summed E-state index contributed by atoms with van der Waals surface area (Å²) in [6, 6.07) is 10.4. The first-order valence-corrected chi connectivity index (χ1v) is 8.10. The lowest BCUT2D eigenvalue weighted by Crippen LogP contribution is -2.39. The van der Waals surface area contributed by atoms with Gasteiger partial charge in [0, 0.05) is 6.54 Å². The molecule has 0 saturated heterocycles. The van der Waals surface area contributed by atoms with Crippen LogP contribution in [0.15, 0.2) is 42.5 Å². The highest BCUT2D eigenvalue weighted by molar-refractivity contribution is 6.30. The van der Waals surface area contributed by atoms with E-state index in [0.717, 1.165) is 0 Å². The number of hydrogen-bond acceptors (Lipinski definition) is 3. The molecule has 134 valence electrons. The molecular formula is C18H20ClFN2O3. The number of carbonyl (C=O) groups is 1. The van der Waals surface area contributed by atoms with Gasteiger partial charge in [0.2, 0.25) is 0 Å². The maximum atomic E-state index is 13.2. The van der Waals surface area contributed by atoms with Crippen LogP contribution in [0.25, 0.3) is 0 Å². The summed E-state index contributed by atoms with van der Waals surface area (Å²) in [7, 11) is 1.56. The van der Waals surface area contributed by atoms with Gasteiger partial charge in [-0.3, -0.25) is 0 Å². The van der Waals surface area contributed by atoms with E-state index in [1.165, 1.54) is 12.1 Å². The molecule has 0 aromatic heterocycles. The number of rotatable bonds is 6. The lowest BCUT2D eigenvalue weighted by Gasteiger charge is -2.17. The highest BCUT2D eigenvalue weighted by Crippen LogP contribution is 2.21. The Kier molecular flexibility index (Phi) is 6.61. The van der Waals surface area contributed by atoms with Crippen LogP contribution in [0.5, 0.6) is 5.75 Å². The van der Waals surface area contributed by atoms with E-state index in [1.54, 1.807) is 44.4 Å². The Morgan fingerprint density at radius 3 is 2.48 bits per heavy atom. The van der Waals surface area contributed by atoms with Crippen molar-refractivity contribution in [2.24, 2.45) is 0 Å². The summed E-state index contributed by atoms with van der Waals surface area (Å²) in [4.78, 5) is 12.0. The lowest BCUT2D eigenvalue weighted by atomic mass is 10.1. The zero-order valence-electron chi connectivity index (χ0n) is 13.9. The molecule has 3 N–H and O–H groups in total. The summed E-state index contributed by atoms with van der Waals surface area (Å²) in [5.41, 5.74) is 1.34. The molecule has 2 atom stereocenters. The molecule has 2 amide bonds. The third kappa shape index (κ3) is 5.34. The van der Waals surface area contributed by atoms with Gasteiger partial charge in [0.15, 0.2) is 0 Å². The van der Waals surface area contributed by atoms with Crippen LogP contribution in [-0.2, 0) is 0 Å². The maximum Gasteiger partial charge on any atom is 0.315 e. The quantitative estimate of drug-likeness (QED) is 0.731. The lowest BCUT2D eigenvalue weighted by molar-refractivity contribution is 0.172. The van der Waals surface area contributed by atoms with E-state index in [-0.39, 0.29) is 17.6 Å². The van der Waals surface area contributed by atoms with E-state index in [0.29, 0.717) is 16.9 Å². The van der Waals surface area contributed by atoms with Gasteiger partial charge >= 0.3 is 6.03 Å². The van der Waals surface area contributed by atoms with Gasteiger partial charge in [-0.1, -0.05) is 29.8 Å². The molecule has 0 saturated carbocycles. The number of hydrogen-bond donors (Lipinski definition) is 3. The smallest absolute Gasteiger partial charge is 0.315 e. The average Bonchev–Trinajstić information content (AvgIpc) is 2.62. The molecule has 0 heterocycles. The first-order chi connectivity index (χ1) is 11.9. The third-order valence-electron chi connectivity index (χ3n) is 3.75. The number of halogens is 2. The second kappa shape index (κ2) is 8.69. The van der Waals surface area contributed by atoms with E-state index in [4.69, 9.17) is 16.3 Å². The molecule has 0 aliphatic carbocycles. The minimum atomic E-state index is -0.841. The standard InChI is InChI=1S/C18H20ClFN2O3/c1-11(13-5-8-16(20)15(19)9-13)22-18(24)21-10-17(23)12-3-6-14(25-2)7-4-12/h3-9,11,17,23H,10H2,1-2H3,(H2,21,22,24). The number of ether oxygens (including phenoxy) is 1. The van der Waals surface area contributed by atoms with Gasteiger partial charge < -0.3 is 20.5 Å². The van der Waals surface area contributed by atoms with Crippen LogP contribution < -0.4 is 15.4 Å². The molecule has 0 radical (unpaired) electrons. The minimum absolute atomic E-state index is 0.00138. The second-order valence-corrected chi connectivity index (χ2v) is 5.95. The van der Waals surface area contributed by atoms with Crippen molar-refractivity contribution in [2.45, 2.75) is 19.1 Å². The van der Waals surface area contributed by atoms with Crippen molar-refractivity contribution in [1.29, 1.82) is 0 Å². The monoisotopic (exact) mass is 366 g/mol. The van der Waals surface area contributed by atoms with Crippen LogP contribution in [0.1, 0.15) is 30.2 Å². The molecular weight excluding hydrogens is 347 g/mol. The van der Waals surface area contributed by atoms with Crippen LogP contribution in [0.4, 0.5) is 9.18 Å². The van der Waals surface area contributed by atoms with E-state index in [2.05, 4.69) is 10.6 Å². The van der Waals surface area contributed by atoms with Crippen molar-refractivity contribution >= 4 is 17.6 Å². The van der Waals surface area contributed by atoms with Crippen molar-refractivity contribution in [2.75, 3.05) is 13.7 Å². The number of benzene rings is 2. The Bertz CT molecular complexity index is 725. The fourth-order valence-corrected chi connectivity index (χ4v) is 2.43. The first kappa shape index (κ1) is 19.0. The Morgan fingerprint density at radius 1 is 1.24 bits per heavy atom. The summed E-state index contributed by atoms with van der Waals surface area (Å²) < 4.78 is 18.2. The molecule has 7 heteroatoms. The number of urea groups is 1. The van der Waals surface area contributed by atoms with Gasteiger partial charge in [-0.05, 0) is 42.3 Å². The topological polar surface area (TPSA) is 70.6 Å². The van der Waals surface area contributed by atoms with Crippen LogP contribution in [0.2, 0.25) is 5.02 Å². The van der Waals surface area contributed by atoms with Crippen molar-refractivity contribution in [3.8, 4) is 5.75 Å². The Hall–Kier alpha value is -2.31. The summed E-state index contributed by atoms with van der Waals surface area (Å²) >= 11 is 5.74. The van der Waals surface area contributed by atoms with Crippen LogP contribution >= 0.6 is 11.6 Å². The zero-order valence-corrected chi connectivity index (χ0v) is 14.7. The molecule has 0 aliphatic rings. The zero-order chi connectivity index (χ0) is 18.4. The normalized spacial score (nSPS) is 13.0. The summed E-state index contributed by atoms with van der Waals surface area (Å²) in [5.74, 6) is 0.179. The predicted molar refractivity (Wildman–Crippen MR) is 94.3 cm³/mol. The van der Waals surface area contributed by atoms with Gasteiger partial charge in [-0.2, -0.15) is 0 Å². The van der Waals surface area contributed by atoms with Gasteiger partial charge in [-0.15, -0.1) is 0 Å². The molecule has 2 rings (SSSR count). The summed E-state index contributed by atoms with van der Waals surface area (Å²) in [5, 5.41) is 15.4. The molecule has 0 fully saturated rings. The number of amides is 2. The molecule has 2 unspecified atom stereocenters. The maximum absolute atomic E-state index is 13.2. The van der Waals surface area contributed by atoms with Crippen molar-refractivity contribution in [3.63, 3.8) is 0 Å². The van der Waals surface area contributed by atoms with Crippen LogP contribution in [0.3, 0.4) is 0 Å². The summed E-state index contributed by atoms with van der Waals surface area (Å²) in [6.45, 7) is 1.80. The fraction of sp³-hybridized carbons (Fsp3) is 0.278.